The highest BCUT2D eigenvalue weighted by molar-refractivity contribution is 14.1. The average molecular weight is 269 g/mol. The predicted molar refractivity (Wildman–Crippen MR) is 47.0 cm³/mol. The molecule has 0 aromatic heterocycles. The summed E-state index contributed by atoms with van der Waals surface area (Å²) in [4.78, 5) is 0. The van der Waals surface area contributed by atoms with Gasteiger partial charge in [-0.1, -0.05) is 6.07 Å². The number of halogens is 3. The summed E-state index contributed by atoms with van der Waals surface area (Å²) in [5.41, 5.74) is 5.90. The second-order valence-corrected chi connectivity index (χ2v) is 3.12. The Labute approximate surface area is 76.7 Å². The Kier molecular flexibility index (Phi) is 2.78. The zero-order valence-corrected chi connectivity index (χ0v) is 7.73. The molecule has 2 N–H and O–H groups in total. The van der Waals surface area contributed by atoms with Crippen molar-refractivity contribution in [1.82, 2.24) is 0 Å². The second kappa shape index (κ2) is 3.44. The maximum absolute atomic E-state index is 12.7. The molecule has 11 heavy (non-hydrogen) atoms. The minimum Gasteiger partial charge on any atom is -0.326 e. The van der Waals surface area contributed by atoms with Crippen LogP contribution in [0.15, 0.2) is 12.1 Å². The van der Waals surface area contributed by atoms with Gasteiger partial charge in [-0.2, -0.15) is 0 Å². The van der Waals surface area contributed by atoms with Crippen LogP contribution in [-0.4, -0.2) is 0 Å². The first-order valence-electron chi connectivity index (χ1n) is 2.99. The van der Waals surface area contributed by atoms with Crippen molar-refractivity contribution in [1.29, 1.82) is 0 Å². The molecule has 0 bridgehead atoms. The number of rotatable bonds is 1. The van der Waals surface area contributed by atoms with Gasteiger partial charge in [0.2, 0.25) is 0 Å². The highest BCUT2D eigenvalue weighted by Gasteiger charge is 2.08. The number of nitrogens with two attached hydrogens (primary N) is 1. The Morgan fingerprint density at radius 2 is 2.00 bits per heavy atom. The first-order chi connectivity index (χ1) is 5.16. The van der Waals surface area contributed by atoms with Crippen LogP contribution < -0.4 is 5.73 Å². The van der Waals surface area contributed by atoms with Crippen molar-refractivity contribution in [2.75, 3.05) is 0 Å². The number of hydrogen-bond acceptors (Lipinski definition) is 1. The van der Waals surface area contributed by atoms with Crippen molar-refractivity contribution >= 4 is 22.6 Å². The monoisotopic (exact) mass is 269 g/mol. The molecule has 0 spiro atoms. The van der Waals surface area contributed by atoms with Crippen molar-refractivity contribution in [2.45, 2.75) is 6.54 Å². The van der Waals surface area contributed by atoms with E-state index in [9.17, 15) is 8.78 Å². The van der Waals surface area contributed by atoms with Gasteiger partial charge in [0.15, 0.2) is 11.6 Å². The molecule has 1 aromatic carbocycles. The summed E-state index contributed by atoms with van der Waals surface area (Å²) in [5.74, 6) is -1.64. The second-order valence-electron chi connectivity index (χ2n) is 2.04. The lowest BCUT2D eigenvalue weighted by molar-refractivity contribution is 0.502. The predicted octanol–water partition coefficient (Wildman–Crippen LogP) is 2.03. The summed E-state index contributed by atoms with van der Waals surface area (Å²) in [7, 11) is 0. The molecule has 0 fully saturated rings. The van der Waals surface area contributed by atoms with Crippen molar-refractivity contribution in [3.8, 4) is 0 Å². The van der Waals surface area contributed by atoms with E-state index in [0.717, 1.165) is 6.07 Å². The van der Waals surface area contributed by atoms with Gasteiger partial charge in [0, 0.05) is 6.54 Å². The molecule has 60 valence electrons. The molecular weight excluding hydrogens is 263 g/mol. The standard InChI is InChI=1S/C7H6F2IN/c8-5-2-1-4(3-11)7(10)6(5)9/h1-2H,3,11H2. The van der Waals surface area contributed by atoms with Crippen LogP contribution in [0, 0.1) is 15.2 Å². The van der Waals surface area contributed by atoms with E-state index in [0.29, 0.717) is 5.56 Å². The highest BCUT2D eigenvalue weighted by Crippen LogP contribution is 2.18. The van der Waals surface area contributed by atoms with Gasteiger partial charge < -0.3 is 5.73 Å². The van der Waals surface area contributed by atoms with Gasteiger partial charge in [0.05, 0.1) is 3.57 Å². The largest absolute Gasteiger partial charge is 0.326 e. The van der Waals surface area contributed by atoms with Crippen LogP contribution in [0.2, 0.25) is 0 Å². The molecule has 0 aliphatic carbocycles. The molecule has 0 atom stereocenters. The van der Waals surface area contributed by atoms with E-state index in [1.54, 1.807) is 22.6 Å². The average Bonchev–Trinajstić information content (AvgIpc) is 2.01. The maximum atomic E-state index is 12.7. The fourth-order valence-corrected chi connectivity index (χ4v) is 1.38. The summed E-state index contributed by atoms with van der Waals surface area (Å²) in [5, 5.41) is 0. The van der Waals surface area contributed by atoms with E-state index < -0.39 is 11.6 Å². The summed E-state index contributed by atoms with van der Waals surface area (Å²) in [6, 6.07) is 2.57. The zero-order chi connectivity index (χ0) is 8.43. The molecule has 0 saturated heterocycles. The highest BCUT2D eigenvalue weighted by atomic mass is 127. The maximum Gasteiger partial charge on any atom is 0.172 e. The quantitative estimate of drug-likeness (QED) is 0.612. The summed E-state index contributed by atoms with van der Waals surface area (Å²) in [6.45, 7) is 0.232. The molecule has 4 heteroatoms. The number of hydrogen-bond donors (Lipinski definition) is 1. The third-order valence-corrected chi connectivity index (χ3v) is 2.50. The SMILES string of the molecule is NCc1ccc(F)c(F)c1I. The first-order valence-corrected chi connectivity index (χ1v) is 4.07. The molecule has 0 heterocycles. The summed E-state index contributed by atoms with van der Waals surface area (Å²) >= 11 is 1.74. The van der Waals surface area contributed by atoms with E-state index in [4.69, 9.17) is 5.73 Å². The molecule has 0 aliphatic heterocycles. The molecule has 0 unspecified atom stereocenters. The topological polar surface area (TPSA) is 26.0 Å². The van der Waals surface area contributed by atoms with Gasteiger partial charge in [-0.15, -0.1) is 0 Å². The van der Waals surface area contributed by atoms with Crippen molar-refractivity contribution in [3.05, 3.63) is 32.9 Å². The first kappa shape index (κ1) is 8.86. The molecule has 0 saturated carbocycles. The van der Waals surface area contributed by atoms with E-state index >= 15 is 0 Å². The normalized spacial score (nSPS) is 10.2. The minimum absolute atomic E-state index is 0.232. The van der Waals surface area contributed by atoms with Crippen molar-refractivity contribution < 1.29 is 8.78 Å². The van der Waals surface area contributed by atoms with E-state index in [-0.39, 0.29) is 10.1 Å². The minimum atomic E-state index is -0.827. The Bertz CT molecular complexity index is 275. The molecule has 1 nitrogen and oxygen atoms in total. The third-order valence-electron chi connectivity index (χ3n) is 1.34. The fourth-order valence-electron chi connectivity index (χ4n) is 0.724. The van der Waals surface area contributed by atoms with E-state index in [1.165, 1.54) is 6.07 Å². The van der Waals surface area contributed by atoms with Crippen LogP contribution in [0.1, 0.15) is 5.56 Å². The van der Waals surface area contributed by atoms with Crippen LogP contribution in [-0.2, 0) is 6.54 Å². The van der Waals surface area contributed by atoms with Gasteiger partial charge in [0.1, 0.15) is 0 Å². The molecule has 0 amide bonds. The smallest absolute Gasteiger partial charge is 0.172 e. The lowest BCUT2D eigenvalue weighted by atomic mass is 10.2. The van der Waals surface area contributed by atoms with Crippen LogP contribution in [0.25, 0.3) is 0 Å². The summed E-state index contributed by atoms with van der Waals surface area (Å²) in [6.07, 6.45) is 0. The fraction of sp³-hybridized carbons (Fsp3) is 0.143. The van der Waals surface area contributed by atoms with E-state index in [1.807, 2.05) is 0 Å². The summed E-state index contributed by atoms with van der Waals surface area (Å²) < 4.78 is 25.5. The zero-order valence-electron chi connectivity index (χ0n) is 5.57. The Morgan fingerprint density at radius 1 is 1.36 bits per heavy atom. The molecule has 1 rings (SSSR count). The van der Waals surface area contributed by atoms with Crippen molar-refractivity contribution in [2.24, 2.45) is 5.73 Å². The third kappa shape index (κ3) is 1.67. The molecule has 1 aromatic rings. The van der Waals surface area contributed by atoms with Crippen LogP contribution in [0.3, 0.4) is 0 Å². The lowest BCUT2D eigenvalue weighted by Gasteiger charge is -2.01. The van der Waals surface area contributed by atoms with Crippen LogP contribution in [0.5, 0.6) is 0 Å². The Balaban J connectivity index is 3.25. The number of benzene rings is 1. The Hall–Kier alpha value is -0.230. The van der Waals surface area contributed by atoms with Gasteiger partial charge >= 0.3 is 0 Å². The van der Waals surface area contributed by atoms with Gasteiger partial charge in [-0.25, -0.2) is 8.78 Å². The Morgan fingerprint density at radius 3 is 2.55 bits per heavy atom. The van der Waals surface area contributed by atoms with Crippen LogP contribution in [0.4, 0.5) is 8.78 Å². The molecular formula is C7H6F2IN. The van der Waals surface area contributed by atoms with Crippen LogP contribution >= 0.6 is 22.6 Å². The molecule has 0 aliphatic rings. The lowest BCUT2D eigenvalue weighted by Crippen LogP contribution is -2.02. The van der Waals surface area contributed by atoms with Gasteiger partial charge in [-0.3, -0.25) is 0 Å². The van der Waals surface area contributed by atoms with Gasteiger partial charge in [0.25, 0.3) is 0 Å². The van der Waals surface area contributed by atoms with Gasteiger partial charge in [-0.05, 0) is 34.2 Å². The van der Waals surface area contributed by atoms with E-state index in [2.05, 4.69) is 0 Å². The van der Waals surface area contributed by atoms with Crippen molar-refractivity contribution in [3.63, 3.8) is 0 Å². The molecule has 0 radical (unpaired) electrons.